The van der Waals surface area contributed by atoms with Crippen LogP contribution in [-0.4, -0.2) is 40.8 Å². The molecular weight excluding hydrogens is 264 g/mol. The highest BCUT2D eigenvalue weighted by atomic mass is 16.5. The maximum Gasteiger partial charge on any atom is 0.244 e. The molecular formula is C17H32N2O2. The van der Waals surface area contributed by atoms with Crippen molar-refractivity contribution in [2.75, 3.05) is 6.61 Å². The summed E-state index contributed by atoms with van der Waals surface area (Å²) in [6.45, 7) is 11.5. The van der Waals surface area contributed by atoms with Gasteiger partial charge in [-0.2, -0.15) is 0 Å². The Morgan fingerprint density at radius 3 is 2.43 bits per heavy atom. The van der Waals surface area contributed by atoms with Crippen LogP contribution in [0, 0.1) is 0 Å². The number of amides is 1. The summed E-state index contributed by atoms with van der Waals surface area (Å²) in [5.41, 5.74) is -0.424. The highest BCUT2D eigenvalue weighted by Crippen LogP contribution is 2.37. The van der Waals surface area contributed by atoms with Gasteiger partial charge in [-0.25, -0.2) is 0 Å². The summed E-state index contributed by atoms with van der Waals surface area (Å²) in [6.07, 6.45) is 5.97. The molecule has 122 valence electrons. The summed E-state index contributed by atoms with van der Waals surface area (Å²) >= 11 is 0. The molecule has 0 bridgehead atoms. The predicted octanol–water partition coefficient (Wildman–Crippen LogP) is 3.06. The fraction of sp³-hybridized carbons (Fsp3) is 0.941. The molecule has 4 nitrogen and oxygen atoms in total. The lowest BCUT2D eigenvalue weighted by Gasteiger charge is -2.44. The van der Waals surface area contributed by atoms with Crippen molar-refractivity contribution in [3.05, 3.63) is 0 Å². The van der Waals surface area contributed by atoms with Crippen molar-refractivity contribution in [1.29, 1.82) is 0 Å². The minimum absolute atomic E-state index is 0.0350. The normalized spacial score (nSPS) is 36.2. The molecule has 1 N–H and O–H groups in total. The quantitative estimate of drug-likeness (QED) is 0.848. The second kappa shape index (κ2) is 6.25. The number of carbonyl (C=O) groups is 1. The van der Waals surface area contributed by atoms with Crippen LogP contribution in [0.4, 0.5) is 0 Å². The molecule has 2 aliphatic heterocycles. The van der Waals surface area contributed by atoms with Crippen molar-refractivity contribution in [2.45, 2.75) is 96.5 Å². The van der Waals surface area contributed by atoms with Gasteiger partial charge in [-0.05, 0) is 45.4 Å². The van der Waals surface area contributed by atoms with Crippen LogP contribution in [0.5, 0.6) is 0 Å². The number of carbonyl (C=O) groups excluding carboxylic acids is 1. The van der Waals surface area contributed by atoms with Crippen LogP contribution in [0.3, 0.4) is 0 Å². The Kier molecular flexibility index (Phi) is 4.99. The summed E-state index contributed by atoms with van der Waals surface area (Å²) in [5.74, 6) is 0.282. The van der Waals surface area contributed by atoms with E-state index in [4.69, 9.17) is 4.74 Å². The Hall–Kier alpha value is -0.610. The lowest BCUT2D eigenvalue weighted by Crippen LogP contribution is -2.52. The van der Waals surface area contributed by atoms with E-state index < -0.39 is 0 Å². The van der Waals surface area contributed by atoms with E-state index in [1.165, 1.54) is 0 Å². The minimum atomic E-state index is -0.389. The second-order valence-corrected chi connectivity index (χ2v) is 6.85. The molecule has 2 fully saturated rings. The fourth-order valence-corrected chi connectivity index (χ4v) is 3.88. The van der Waals surface area contributed by atoms with Crippen LogP contribution in [0.25, 0.3) is 0 Å². The predicted molar refractivity (Wildman–Crippen MR) is 85.0 cm³/mol. The summed E-state index contributed by atoms with van der Waals surface area (Å²) in [5, 5.41) is 3.56. The molecule has 21 heavy (non-hydrogen) atoms. The highest BCUT2D eigenvalue weighted by Gasteiger charge is 2.50. The molecule has 3 unspecified atom stereocenters. The van der Waals surface area contributed by atoms with Crippen molar-refractivity contribution >= 4 is 5.91 Å². The number of ether oxygens (including phenoxy) is 1. The molecule has 0 radical (unpaired) electrons. The van der Waals surface area contributed by atoms with Crippen molar-refractivity contribution in [3.63, 3.8) is 0 Å². The van der Waals surface area contributed by atoms with E-state index >= 15 is 0 Å². The Morgan fingerprint density at radius 1 is 1.24 bits per heavy atom. The van der Waals surface area contributed by atoms with Gasteiger partial charge in [0.25, 0.3) is 0 Å². The van der Waals surface area contributed by atoms with Crippen molar-refractivity contribution in [1.82, 2.24) is 10.2 Å². The average molecular weight is 296 g/mol. The van der Waals surface area contributed by atoms with Gasteiger partial charge in [-0.3, -0.25) is 10.1 Å². The number of hydrogen-bond acceptors (Lipinski definition) is 3. The lowest BCUT2D eigenvalue weighted by atomic mass is 9.84. The molecule has 2 saturated heterocycles. The average Bonchev–Trinajstić information content (AvgIpc) is 2.79. The molecule has 1 amide bonds. The lowest BCUT2D eigenvalue weighted by molar-refractivity contribution is -0.145. The first-order chi connectivity index (χ1) is 9.95. The SMILES string of the molecule is CCC1NC(C)(CC)C(=O)N1C1CCOC(CC)(CC)C1. The van der Waals surface area contributed by atoms with Gasteiger partial charge in [-0.1, -0.05) is 27.7 Å². The summed E-state index contributed by atoms with van der Waals surface area (Å²) < 4.78 is 6.08. The zero-order valence-corrected chi connectivity index (χ0v) is 14.4. The standard InChI is InChI=1S/C17H32N2O2/c1-6-14-18-16(5,7-2)15(20)19(14)13-10-11-21-17(8-3,9-4)12-13/h13-14,18H,6-12H2,1-5H3. The van der Waals surface area contributed by atoms with Gasteiger partial charge in [0.1, 0.15) is 0 Å². The monoisotopic (exact) mass is 296 g/mol. The van der Waals surface area contributed by atoms with Crippen LogP contribution in [0.1, 0.15) is 73.1 Å². The van der Waals surface area contributed by atoms with E-state index in [9.17, 15) is 4.79 Å². The van der Waals surface area contributed by atoms with Crippen LogP contribution in [0.2, 0.25) is 0 Å². The fourth-order valence-electron chi connectivity index (χ4n) is 3.88. The molecule has 2 heterocycles. The topological polar surface area (TPSA) is 41.6 Å². The van der Waals surface area contributed by atoms with Crippen molar-refractivity contribution in [3.8, 4) is 0 Å². The third-order valence-corrected chi connectivity index (χ3v) is 5.77. The molecule has 0 aromatic rings. The van der Waals surface area contributed by atoms with Gasteiger partial charge in [0.05, 0.1) is 17.3 Å². The van der Waals surface area contributed by atoms with Gasteiger partial charge in [0, 0.05) is 12.6 Å². The molecule has 0 aromatic carbocycles. The van der Waals surface area contributed by atoms with Crippen molar-refractivity contribution in [2.24, 2.45) is 0 Å². The Morgan fingerprint density at radius 2 is 1.90 bits per heavy atom. The maximum absolute atomic E-state index is 12.9. The Balaban J connectivity index is 2.21. The summed E-state index contributed by atoms with van der Waals surface area (Å²) in [4.78, 5) is 15.1. The molecule has 2 rings (SSSR count). The Labute approximate surface area is 129 Å². The van der Waals surface area contributed by atoms with Gasteiger partial charge in [-0.15, -0.1) is 0 Å². The van der Waals surface area contributed by atoms with Crippen LogP contribution in [-0.2, 0) is 9.53 Å². The smallest absolute Gasteiger partial charge is 0.244 e. The zero-order chi connectivity index (χ0) is 15.7. The van der Waals surface area contributed by atoms with E-state index in [1.54, 1.807) is 0 Å². The summed E-state index contributed by atoms with van der Waals surface area (Å²) in [7, 11) is 0. The van der Waals surface area contributed by atoms with Gasteiger partial charge >= 0.3 is 0 Å². The van der Waals surface area contributed by atoms with E-state index in [1.807, 2.05) is 6.92 Å². The largest absolute Gasteiger partial charge is 0.375 e. The van der Waals surface area contributed by atoms with E-state index in [-0.39, 0.29) is 23.2 Å². The molecule has 3 atom stereocenters. The van der Waals surface area contributed by atoms with Crippen LogP contribution in [0.15, 0.2) is 0 Å². The van der Waals surface area contributed by atoms with E-state index in [2.05, 4.69) is 37.9 Å². The first kappa shape index (κ1) is 16.8. The van der Waals surface area contributed by atoms with E-state index in [0.717, 1.165) is 45.1 Å². The van der Waals surface area contributed by atoms with Crippen LogP contribution >= 0.6 is 0 Å². The number of hydrogen-bond donors (Lipinski definition) is 1. The molecule has 4 heteroatoms. The first-order valence-corrected chi connectivity index (χ1v) is 8.69. The third kappa shape index (κ3) is 2.85. The highest BCUT2D eigenvalue weighted by molar-refractivity contribution is 5.88. The molecule has 0 spiro atoms. The zero-order valence-electron chi connectivity index (χ0n) is 14.4. The Bertz CT molecular complexity index is 381. The number of nitrogens with one attached hydrogen (secondary N) is 1. The molecule has 0 saturated carbocycles. The number of rotatable bonds is 5. The number of nitrogens with zero attached hydrogens (tertiary/aromatic N) is 1. The third-order valence-electron chi connectivity index (χ3n) is 5.77. The van der Waals surface area contributed by atoms with Gasteiger partial charge < -0.3 is 9.64 Å². The van der Waals surface area contributed by atoms with Crippen LogP contribution < -0.4 is 5.32 Å². The van der Waals surface area contributed by atoms with E-state index in [0.29, 0.717) is 6.04 Å². The second-order valence-electron chi connectivity index (χ2n) is 6.85. The van der Waals surface area contributed by atoms with Gasteiger partial charge in [0.2, 0.25) is 5.91 Å². The van der Waals surface area contributed by atoms with Crippen molar-refractivity contribution < 1.29 is 9.53 Å². The van der Waals surface area contributed by atoms with Gasteiger partial charge in [0.15, 0.2) is 0 Å². The molecule has 2 aliphatic rings. The minimum Gasteiger partial charge on any atom is -0.375 e. The maximum atomic E-state index is 12.9. The molecule has 0 aromatic heterocycles. The molecule has 0 aliphatic carbocycles. The summed E-state index contributed by atoms with van der Waals surface area (Å²) in [6, 6.07) is 0.317. The first-order valence-electron chi connectivity index (χ1n) is 8.69.